The highest BCUT2D eigenvalue weighted by Gasteiger charge is 2.25. The highest BCUT2D eigenvalue weighted by Crippen LogP contribution is 2.15. The molecule has 1 aliphatic heterocycles. The fraction of sp³-hybridized carbons (Fsp3) is 0.381. The molecule has 1 saturated heterocycles. The van der Waals surface area contributed by atoms with Crippen molar-refractivity contribution in [3.63, 3.8) is 0 Å². The predicted molar refractivity (Wildman–Crippen MR) is 99.7 cm³/mol. The first kappa shape index (κ1) is 18.3. The number of carbonyl (C=O) groups excluding carboxylic acids is 1. The first-order valence-electron chi connectivity index (χ1n) is 8.88. The third-order valence-electron chi connectivity index (χ3n) is 4.33. The number of nitrogens with zero attached hydrogens (tertiary/aromatic N) is 1. The van der Waals surface area contributed by atoms with Gasteiger partial charge in [0.25, 0.3) is 5.91 Å². The van der Waals surface area contributed by atoms with Gasteiger partial charge in [0, 0.05) is 6.54 Å². The summed E-state index contributed by atoms with van der Waals surface area (Å²) in [5, 5.41) is 0. The van der Waals surface area contributed by atoms with Crippen LogP contribution in [0.25, 0.3) is 0 Å². The summed E-state index contributed by atoms with van der Waals surface area (Å²) in [6.07, 6.45) is -0.131. The number of aryl methyl sites for hydroxylation is 2. The molecule has 0 aromatic heterocycles. The number of morpholine rings is 1. The Hall–Kier alpha value is -2.53. The maximum absolute atomic E-state index is 12.4. The van der Waals surface area contributed by atoms with Gasteiger partial charge in [0.1, 0.15) is 24.2 Å². The Balaban J connectivity index is 1.45. The summed E-state index contributed by atoms with van der Waals surface area (Å²) in [7, 11) is 0. The molecule has 1 amide bonds. The average molecular weight is 355 g/mol. The van der Waals surface area contributed by atoms with E-state index in [4.69, 9.17) is 14.2 Å². The molecule has 0 N–H and O–H groups in total. The average Bonchev–Trinajstić information content (AvgIpc) is 2.67. The predicted octanol–water partition coefficient (Wildman–Crippen LogP) is 2.99. The maximum atomic E-state index is 12.4. The van der Waals surface area contributed by atoms with Crippen LogP contribution in [0, 0.1) is 13.8 Å². The van der Waals surface area contributed by atoms with Gasteiger partial charge in [-0.1, -0.05) is 35.4 Å². The summed E-state index contributed by atoms with van der Waals surface area (Å²) in [6, 6.07) is 15.6. The molecule has 0 radical (unpaired) electrons. The van der Waals surface area contributed by atoms with Crippen molar-refractivity contribution in [3.05, 3.63) is 59.7 Å². The van der Waals surface area contributed by atoms with Crippen molar-refractivity contribution in [2.24, 2.45) is 0 Å². The topological polar surface area (TPSA) is 48.0 Å². The summed E-state index contributed by atoms with van der Waals surface area (Å²) in [5.41, 5.74) is 2.35. The molecule has 1 fully saturated rings. The van der Waals surface area contributed by atoms with Crippen molar-refractivity contribution in [3.8, 4) is 11.5 Å². The number of carbonyl (C=O) groups is 1. The van der Waals surface area contributed by atoms with E-state index in [-0.39, 0.29) is 18.6 Å². The van der Waals surface area contributed by atoms with Gasteiger partial charge in [-0.3, -0.25) is 4.79 Å². The number of amides is 1. The summed E-state index contributed by atoms with van der Waals surface area (Å²) >= 11 is 0. The van der Waals surface area contributed by atoms with Gasteiger partial charge in [-0.2, -0.15) is 0 Å². The molecule has 5 nitrogen and oxygen atoms in total. The van der Waals surface area contributed by atoms with E-state index >= 15 is 0 Å². The van der Waals surface area contributed by atoms with Crippen LogP contribution in [0.2, 0.25) is 0 Å². The Morgan fingerprint density at radius 2 is 1.58 bits per heavy atom. The van der Waals surface area contributed by atoms with Gasteiger partial charge in [0.05, 0.1) is 13.2 Å². The van der Waals surface area contributed by atoms with E-state index in [0.717, 1.165) is 11.3 Å². The van der Waals surface area contributed by atoms with Crippen molar-refractivity contribution >= 4 is 5.91 Å². The molecule has 1 atom stereocenters. The minimum Gasteiger partial charge on any atom is -0.491 e. The number of ether oxygens (including phenoxy) is 3. The van der Waals surface area contributed by atoms with Crippen LogP contribution in [0.15, 0.2) is 48.5 Å². The van der Waals surface area contributed by atoms with Crippen molar-refractivity contribution in [1.29, 1.82) is 0 Å². The second kappa shape index (κ2) is 8.72. The molecule has 138 valence electrons. The smallest absolute Gasteiger partial charge is 0.260 e. The minimum atomic E-state index is -0.131. The van der Waals surface area contributed by atoms with Gasteiger partial charge >= 0.3 is 0 Å². The van der Waals surface area contributed by atoms with Crippen molar-refractivity contribution < 1.29 is 19.0 Å². The van der Waals surface area contributed by atoms with E-state index in [1.165, 1.54) is 5.56 Å². The Kier molecular flexibility index (Phi) is 6.12. The minimum absolute atomic E-state index is 0.0331. The fourth-order valence-corrected chi connectivity index (χ4v) is 2.74. The van der Waals surface area contributed by atoms with Crippen molar-refractivity contribution in [1.82, 2.24) is 4.90 Å². The second-order valence-electron chi connectivity index (χ2n) is 6.56. The quantitative estimate of drug-likeness (QED) is 0.799. The molecule has 0 saturated carbocycles. The lowest BCUT2D eigenvalue weighted by atomic mass is 10.2. The Labute approximate surface area is 154 Å². The number of hydrogen-bond acceptors (Lipinski definition) is 4. The molecule has 5 heteroatoms. The number of benzene rings is 2. The van der Waals surface area contributed by atoms with Crippen LogP contribution in [0.5, 0.6) is 11.5 Å². The van der Waals surface area contributed by atoms with E-state index in [1.54, 1.807) is 4.90 Å². The zero-order chi connectivity index (χ0) is 18.4. The summed E-state index contributed by atoms with van der Waals surface area (Å²) < 4.78 is 17.1. The van der Waals surface area contributed by atoms with Gasteiger partial charge in [-0.15, -0.1) is 0 Å². The molecule has 2 aromatic rings. The summed E-state index contributed by atoms with van der Waals surface area (Å²) in [5.74, 6) is 1.48. The second-order valence-corrected chi connectivity index (χ2v) is 6.56. The van der Waals surface area contributed by atoms with Crippen LogP contribution in [-0.2, 0) is 9.53 Å². The zero-order valence-electron chi connectivity index (χ0n) is 15.3. The first-order chi connectivity index (χ1) is 12.6. The van der Waals surface area contributed by atoms with Crippen LogP contribution in [-0.4, -0.2) is 49.8 Å². The molecular formula is C21H25NO4. The first-order valence-corrected chi connectivity index (χ1v) is 8.88. The van der Waals surface area contributed by atoms with E-state index in [1.807, 2.05) is 62.4 Å². The highest BCUT2D eigenvalue weighted by molar-refractivity contribution is 5.77. The molecule has 2 aromatic carbocycles. The maximum Gasteiger partial charge on any atom is 0.260 e. The molecule has 26 heavy (non-hydrogen) atoms. The summed E-state index contributed by atoms with van der Waals surface area (Å²) in [6.45, 7) is 6.12. The van der Waals surface area contributed by atoms with E-state index in [9.17, 15) is 4.79 Å². The molecule has 3 rings (SSSR count). The van der Waals surface area contributed by atoms with Gasteiger partial charge in [0.2, 0.25) is 0 Å². The van der Waals surface area contributed by atoms with E-state index in [0.29, 0.717) is 32.1 Å². The van der Waals surface area contributed by atoms with Crippen molar-refractivity contribution in [2.45, 2.75) is 20.0 Å². The van der Waals surface area contributed by atoms with Gasteiger partial charge in [-0.25, -0.2) is 0 Å². The lowest BCUT2D eigenvalue weighted by Gasteiger charge is -2.32. The molecule has 1 aliphatic rings. The zero-order valence-corrected chi connectivity index (χ0v) is 15.3. The van der Waals surface area contributed by atoms with Crippen LogP contribution >= 0.6 is 0 Å². The van der Waals surface area contributed by atoms with Crippen molar-refractivity contribution in [2.75, 3.05) is 32.9 Å². The lowest BCUT2D eigenvalue weighted by molar-refractivity contribution is -0.142. The van der Waals surface area contributed by atoms with Crippen LogP contribution in [0.3, 0.4) is 0 Å². The fourth-order valence-electron chi connectivity index (χ4n) is 2.74. The monoisotopic (exact) mass is 355 g/mol. The lowest BCUT2D eigenvalue weighted by Crippen LogP contribution is -2.49. The van der Waals surface area contributed by atoms with Gasteiger partial charge in [0.15, 0.2) is 6.61 Å². The largest absolute Gasteiger partial charge is 0.491 e. The van der Waals surface area contributed by atoms with Gasteiger partial charge in [-0.05, 0) is 38.1 Å². The number of hydrogen-bond donors (Lipinski definition) is 0. The van der Waals surface area contributed by atoms with E-state index in [2.05, 4.69) is 0 Å². The molecule has 0 unspecified atom stereocenters. The molecule has 1 heterocycles. The summed E-state index contributed by atoms with van der Waals surface area (Å²) in [4.78, 5) is 14.2. The molecule has 0 bridgehead atoms. The van der Waals surface area contributed by atoms with Crippen LogP contribution < -0.4 is 9.47 Å². The molecule has 0 aliphatic carbocycles. The Morgan fingerprint density at radius 1 is 1.00 bits per heavy atom. The highest BCUT2D eigenvalue weighted by atomic mass is 16.5. The van der Waals surface area contributed by atoms with Gasteiger partial charge < -0.3 is 19.1 Å². The molecular weight excluding hydrogens is 330 g/mol. The number of rotatable bonds is 6. The van der Waals surface area contributed by atoms with Crippen LogP contribution in [0.1, 0.15) is 11.1 Å². The Bertz CT molecular complexity index is 712. The van der Waals surface area contributed by atoms with Crippen LogP contribution in [0.4, 0.5) is 0 Å². The third-order valence-corrected chi connectivity index (χ3v) is 4.33. The normalized spacial score (nSPS) is 17.0. The standard InChI is InChI=1S/C21H25NO4/c1-16-3-7-18(8-4-16)25-14-20-13-22(11-12-24-20)21(23)15-26-19-9-5-17(2)6-10-19/h3-10,20H,11-15H2,1-2H3/t20-/m1/s1. The third kappa shape index (κ3) is 5.23. The Morgan fingerprint density at radius 3 is 2.19 bits per heavy atom. The molecule has 0 spiro atoms. The van der Waals surface area contributed by atoms with E-state index < -0.39 is 0 Å². The SMILES string of the molecule is Cc1ccc(OCC(=O)N2CCO[C@@H](COc3ccc(C)cc3)C2)cc1.